The SMILES string of the molecule is Cc1ccc(N2CCCCC2CCN)nn1. The van der Waals surface area contributed by atoms with Crippen molar-refractivity contribution in [1.29, 1.82) is 0 Å². The number of aromatic nitrogens is 2. The van der Waals surface area contributed by atoms with Crippen molar-refractivity contribution in [1.82, 2.24) is 10.2 Å². The number of nitrogens with zero attached hydrogens (tertiary/aromatic N) is 3. The fourth-order valence-electron chi connectivity index (χ4n) is 2.34. The van der Waals surface area contributed by atoms with Crippen molar-refractivity contribution in [3.8, 4) is 0 Å². The maximum absolute atomic E-state index is 5.66. The smallest absolute Gasteiger partial charge is 0.151 e. The van der Waals surface area contributed by atoms with Gasteiger partial charge in [-0.15, -0.1) is 5.10 Å². The fourth-order valence-corrected chi connectivity index (χ4v) is 2.34. The average molecular weight is 220 g/mol. The third-order valence-electron chi connectivity index (χ3n) is 3.21. The second kappa shape index (κ2) is 5.25. The van der Waals surface area contributed by atoms with Crippen LogP contribution in [-0.4, -0.2) is 29.3 Å². The molecule has 0 spiro atoms. The normalized spacial score (nSPS) is 21.1. The minimum atomic E-state index is 0.552. The first-order valence-electron chi connectivity index (χ1n) is 6.08. The van der Waals surface area contributed by atoms with Crippen LogP contribution >= 0.6 is 0 Å². The standard InChI is InChI=1S/C12H20N4/c1-10-5-6-12(15-14-10)16-9-3-2-4-11(16)7-8-13/h5-6,11H,2-4,7-9,13H2,1H3. The molecule has 1 unspecified atom stereocenters. The number of piperidine rings is 1. The number of hydrogen-bond acceptors (Lipinski definition) is 4. The molecule has 1 saturated heterocycles. The number of hydrogen-bond donors (Lipinski definition) is 1. The van der Waals surface area contributed by atoms with Crippen molar-refractivity contribution in [3.05, 3.63) is 17.8 Å². The molecule has 4 heteroatoms. The van der Waals surface area contributed by atoms with E-state index < -0.39 is 0 Å². The van der Waals surface area contributed by atoms with Crippen LogP contribution in [0.2, 0.25) is 0 Å². The lowest BCUT2D eigenvalue weighted by molar-refractivity contribution is 0.437. The van der Waals surface area contributed by atoms with Gasteiger partial charge in [-0.2, -0.15) is 5.10 Å². The minimum Gasteiger partial charge on any atom is -0.352 e. The van der Waals surface area contributed by atoms with Crippen LogP contribution in [0.5, 0.6) is 0 Å². The van der Waals surface area contributed by atoms with Gasteiger partial charge in [-0.05, 0) is 51.3 Å². The average Bonchev–Trinajstić information content (AvgIpc) is 2.32. The van der Waals surface area contributed by atoms with Crippen molar-refractivity contribution in [2.75, 3.05) is 18.0 Å². The van der Waals surface area contributed by atoms with E-state index in [-0.39, 0.29) is 0 Å². The second-order valence-corrected chi connectivity index (χ2v) is 4.45. The van der Waals surface area contributed by atoms with Crippen molar-refractivity contribution in [2.45, 2.75) is 38.6 Å². The van der Waals surface area contributed by atoms with Crippen LogP contribution in [-0.2, 0) is 0 Å². The summed E-state index contributed by atoms with van der Waals surface area (Å²) in [5.41, 5.74) is 6.63. The topological polar surface area (TPSA) is 55.0 Å². The van der Waals surface area contributed by atoms with Crippen LogP contribution < -0.4 is 10.6 Å². The highest BCUT2D eigenvalue weighted by Crippen LogP contribution is 2.24. The summed E-state index contributed by atoms with van der Waals surface area (Å²) in [6.07, 6.45) is 4.83. The molecule has 1 aromatic heterocycles. The van der Waals surface area contributed by atoms with Gasteiger partial charge in [0.2, 0.25) is 0 Å². The Balaban J connectivity index is 2.13. The third-order valence-corrected chi connectivity index (χ3v) is 3.21. The van der Waals surface area contributed by atoms with Crippen molar-refractivity contribution in [2.24, 2.45) is 5.73 Å². The van der Waals surface area contributed by atoms with Crippen molar-refractivity contribution >= 4 is 5.82 Å². The third kappa shape index (κ3) is 2.50. The highest BCUT2D eigenvalue weighted by Gasteiger charge is 2.22. The second-order valence-electron chi connectivity index (χ2n) is 4.45. The van der Waals surface area contributed by atoms with Gasteiger partial charge in [-0.3, -0.25) is 0 Å². The molecule has 0 bridgehead atoms. The Hall–Kier alpha value is -1.16. The van der Waals surface area contributed by atoms with Gasteiger partial charge in [-0.25, -0.2) is 0 Å². The molecule has 1 atom stereocenters. The van der Waals surface area contributed by atoms with E-state index in [1.54, 1.807) is 0 Å². The summed E-state index contributed by atoms with van der Waals surface area (Å²) >= 11 is 0. The van der Waals surface area contributed by atoms with Gasteiger partial charge in [0.25, 0.3) is 0 Å². The number of anilines is 1. The molecule has 1 fully saturated rings. The first-order chi connectivity index (χ1) is 7.81. The van der Waals surface area contributed by atoms with E-state index in [1.807, 2.05) is 13.0 Å². The Bertz CT molecular complexity index is 320. The zero-order valence-corrected chi connectivity index (χ0v) is 9.89. The van der Waals surface area contributed by atoms with Crippen LogP contribution in [0.3, 0.4) is 0 Å². The summed E-state index contributed by atoms with van der Waals surface area (Å²) in [4.78, 5) is 2.36. The zero-order valence-electron chi connectivity index (χ0n) is 9.89. The van der Waals surface area contributed by atoms with Gasteiger partial charge in [-0.1, -0.05) is 0 Å². The van der Waals surface area contributed by atoms with E-state index in [0.717, 1.165) is 31.0 Å². The summed E-state index contributed by atoms with van der Waals surface area (Å²) in [5.74, 6) is 1.00. The van der Waals surface area contributed by atoms with E-state index in [9.17, 15) is 0 Å². The van der Waals surface area contributed by atoms with E-state index in [4.69, 9.17) is 5.73 Å². The summed E-state index contributed by atoms with van der Waals surface area (Å²) in [6.45, 7) is 3.80. The van der Waals surface area contributed by atoms with Gasteiger partial charge in [0.15, 0.2) is 5.82 Å². The van der Waals surface area contributed by atoms with Gasteiger partial charge < -0.3 is 10.6 Å². The van der Waals surface area contributed by atoms with Crippen LogP contribution in [0.1, 0.15) is 31.4 Å². The molecule has 2 rings (SSSR count). The van der Waals surface area contributed by atoms with E-state index in [0.29, 0.717) is 6.04 Å². The predicted molar refractivity (Wildman–Crippen MR) is 65.4 cm³/mol. The molecular formula is C12H20N4. The molecule has 1 aliphatic heterocycles. The Morgan fingerprint density at radius 1 is 1.38 bits per heavy atom. The van der Waals surface area contributed by atoms with Crippen molar-refractivity contribution < 1.29 is 0 Å². The summed E-state index contributed by atoms with van der Waals surface area (Å²) in [6, 6.07) is 4.64. The van der Waals surface area contributed by atoms with Crippen LogP contribution in [0.15, 0.2) is 12.1 Å². The molecule has 0 amide bonds. The minimum absolute atomic E-state index is 0.552. The molecular weight excluding hydrogens is 200 g/mol. The Morgan fingerprint density at radius 3 is 2.94 bits per heavy atom. The Morgan fingerprint density at radius 2 is 2.25 bits per heavy atom. The van der Waals surface area contributed by atoms with E-state index in [1.165, 1.54) is 19.3 Å². The summed E-state index contributed by atoms with van der Waals surface area (Å²) in [5, 5.41) is 8.40. The maximum Gasteiger partial charge on any atom is 0.151 e. The molecule has 0 aliphatic carbocycles. The molecule has 88 valence electrons. The predicted octanol–water partition coefficient (Wildman–Crippen LogP) is 1.49. The van der Waals surface area contributed by atoms with Crippen LogP contribution in [0, 0.1) is 6.92 Å². The van der Waals surface area contributed by atoms with Crippen LogP contribution in [0.25, 0.3) is 0 Å². The van der Waals surface area contributed by atoms with Crippen LogP contribution in [0.4, 0.5) is 5.82 Å². The number of aryl methyl sites for hydroxylation is 1. The molecule has 1 aliphatic rings. The number of nitrogens with two attached hydrogens (primary N) is 1. The molecule has 0 aromatic carbocycles. The lowest BCUT2D eigenvalue weighted by atomic mass is 9.99. The van der Waals surface area contributed by atoms with Crippen molar-refractivity contribution in [3.63, 3.8) is 0 Å². The molecule has 2 N–H and O–H groups in total. The zero-order chi connectivity index (χ0) is 11.4. The molecule has 1 aromatic rings. The monoisotopic (exact) mass is 220 g/mol. The molecule has 2 heterocycles. The van der Waals surface area contributed by atoms with Gasteiger partial charge >= 0.3 is 0 Å². The highest BCUT2D eigenvalue weighted by molar-refractivity contribution is 5.39. The van der Waals surface area contributed by atoms with Gasteiger partial charge in [0.05, 0.1) is 5.69 Å². The van der Waals surface area contributed by atoms with Gasteiger partial charge in [0, 0.05) is 12.6 Å². The molecule has 0 saturated carbocycles. The summed E-state index contributed by atoms with van der Waals surface area (Å²) < 4.78 is 0. The Kier molecular flexibility index (Phi) is 3.72. The largest absolute Gasteiger partial charge is 0.352 e. The maximum atomic E-state index is 5.66. The van der Waals surface area contributed by atoms with E-state index in [2.05, 4.69) is 21.2 Å². The molecule has 16 heavy (non-hydrogen) atoms. The molecule has 4 nitrogen and oxygen atoms in total. The first-order valence-corrected chi connectivity index (χ1v) is 6.08. The lowest BCUT2D eigenvalue weighted by Gasteiger charge is -2.36. The van der Waals surface area contributed by atoms with E-state index >= 15 is 0 Å². The quantitative estimate of drug-likeness (QED) is 0.838. The fraction of sp³-hybridized carbons (Fsp3) is 0.667. The lowest BCUT2D eigenvalue weighted by Crippen LogP contribution is -2.41. The number of rotatable bonds is 3. The molecule has 0 radical (unpaired) electrons. The summed E-state index contributed by atoms with van der Waals surface area (Å²) in [7, 11) is 0. The first kappa shape index (κ1) is 11.3. The van der Waals surface area contributed by atoms with Gasteiger partial charge in [0.1, 0.15) is 0 Å². The Labute approximate surface area is 96.9 Å². The highest BCUT2D eigenvalue weighted by atomic mass is 15.3.